The summed E-state index contributed by atoms with van der Waals surface area (Å²) in [5.41, 5.74) is 0.429. The van der Waals surface area contributed by atoms with Crippen LogP contribution in [-0.2, 0) is 6.54 Å². The average molecular weight is 296 g/mol. The van der Waals surface area contributed by atoms with Gasteiger partial charge in [-0.3, -0.25) is 4.79 Å². The molecule has 1 heterocycles. The summed E-state index contributed by atoms with van der Waals surface area (Å²) in [6.45, 7) is -0.138. The Morgan fingerprint density at radius 2 is 2.30 bits per heavy atom. The van der Waals surface area contributed by atoms with Crippen LogP contribution >= 0.6 is 11.6 Å². The van der Waals surface area contributed by atoms with E-state index in [1.807, 2.05) is 0 Å². The van der Waals surface area contributed by atoms with Crippen LogP contribution in [0.25, 0.3) is 0 Å². The Kier molecular flexibility index (Phi) is 3.99. The molecular weight excluding hydrogens is 286 g/mol. The highest BCUT2D eigenvalue weighted by Gasteiger charge is 2.20. The number of methoxy groups -OCH3 is 1. The summed E-state index contributed by atoms with van der Waals surface area (Å²) in [4.78, 5) is 22.0. The second-order valence-electron chi connectivity index (χ2n) is 3.91. The smallest absolute Gasteiger partial charge is 0.408 e. The Hall–Kier alpha value is -2.41. The number of carbonyl (C=O) groups excluding carboxylic acids is 1. The maximum atomic E-state index is 12.0. The number of rotatable bonds is 5. The highest BCUT2D eigenvalue weighted by atomic mass is 35.5. The van der Waals surface area contributed by atoms with Gasteiger partial charge in [-0.15, -0.1) is 0 Å². The molecule has 8 heteroatoms. The van der Waals surface area contributed by atoms with Crippen molar-refractivity contribution in [3.8, 4) is 5.75 Å². The number of nitro groups is 1. The normalized spacial score (nSPS) is 10.3. The van der Waals surface area contributed by atoms with Crippen LogP contribution in [-0.4, -0.2) is 27.6 Å². The van der Waals surface area contributed by atoms with Crippen molar-refractivity contribution in [3.05, 3.63) is 51.2 Å². The van der Waals surface area contributed by atoms with Gasteiger partial charge in [0.2, 0.25) is 0 Å². The largest absolute Gasteiger partial charge is 0.497 e. The molecule has 104 valence electrons. The summed E-state index contributed by atoms with van der Waals surface area (Å²) in [6.07, 6.45) is 1.25. The van der Waals surface area contributed by atoms with Gasteiger partial charge >= 0.3 is 5.82 Å². The molecule has 0 unspecified atom stereocenters. The van der Waals surface area contributed by atoms with Crippen LogP contribution in [0.3, 0.4) is 0 Å². The van der Waals surface area contributed by atoms with E-state index in [9.17, 15) is 14.9 Å². The molecule has 0 spiro atoms. The van der Waals surface area contributed by atoms with Crippen molar-refractivity contribution in [2.75, 3.05) is 7.11 Å². The predicted octanol–water partition coefficient (Wildman–Crippen LogP) is 2.34. The molecule has 20 heavy (non-hydrogen) atoms. The van der Waals surface area contributed by atoms with Crippen LogP contribution in [0.4, 0.5) is 5.82 Å². The van der Waals surface area contributed by atoms with E-state index >= 15 is 0 Å². The van der Waals surface area contributed by atoms with E-state index in [-0.39, 0.29) is 17.4 Å². The Morgan fingerprint density at radius 1 is 1.55 bits per heavy atom. The number of aromatic nitrogens is 2. The number of ether oxygens (including phenoxy) is 1. The highest BCUT2D eigenvalue weighted by Crippen LogP contribution is 2.21. The third kappa shape index (κ3) is 2.94. The Labute approximate surface area is 118 Å². The van der Waals surface area contributed by atoms with Crippen LogP contribution < -0.4 is 4.74 Å². The van der Waals surface area contributed by atoms with Gasteiger partial charge < -0.3 is 14.9 Å². The molecule has 0 radical (unpaired) electrons. The Morgan fingerprint density at radius 3 is 2.90 bits per heavy atom. The lowest BCUT2D eigenvalue weighted by Gasteiger charge is -2.02. The van der Waals surface area contributed by atoms with Crippen LogP contribution in [0.2, 0.25) is 5.02 Å². The fourth-order valence-electron chi connectivity index (χ4n) is 1.63. The lowest BCUT2D eigenvalue weighted by molar-refractivity contribution is -0.389. The van der Waals surface area contributed by atoms with Crippen molar-refractivity contribution in [1.29, 1.82) is 0 Å². The maximum absolute atomic E-state index is 12.0. The maximum Gasteiger partial charge on any atom is 0.408 e. The van der Waals surface area contributed by atoms with Crippen LogP contribution in [0.5, 0.6) is 5.75 Å². The zero-order valence-corrected chi connectivity index (χ0v) is 11.2. The molecule has 1 aromatic heterocycles. The number of Topliss-reactive ketones (excluding diaryl/α,β-unsaturated/α-hetero) is 1. The van der Waals surface area contributed by atoms with Gasteiger partial charge in [0.05, 0.1) is 18.4 Å². The molecule has 2 rings (SSSR count). The third-order valence-electron chi connectivity index (χ3n) is 2.57. The van der Waals surface area contributed by atoms with Crippen LogP contribution in [0.15, 0.2) is 30.5 Å². The first-order valence-electron chi connectivity index (χ1n) is 5.56. The molecule has 0 N–H and O–H groups in total. The predicted molar refractivity (Wildman–Crippen MR) is 71.2 cm³/mol. The number of ketones is 1. The fraction of sp³-hybridized carbons (Fsp3) is 0.167. The number of nitrogens with zero attached hydrogens (tertiary/aromatic N) is 3. The van der Waals surface area contributed by atoms with Gasteiger partial charge in [-0.25, -0.2) is 0 Å². The monoisotopic (exact) mass is 295 g/mol. The molecule has 0 saturated heterocycles. The van der Waals surface area contributed by atoms with Crippen molar-refractivity contribution < 1.29 is 14.5 Å². The first kappa shape index (κ1) is 14.0. The van der Waals surface area contributed by atoms with Gasteiger partial charge in [-0.1, -0.05) is 23.7 Å². The minimum absolute atomic E-state index is 0.103. The van der Waals surface area contributed by atoms with Gasteiger partial charge in [0.1, 0.15) is 12.3 Å². The topological polar surface area (TPSA) is 87.3 Å². The number of carbonyl (C=O) groups is 1. The molecule has 0 saturated carbocycles. The molecule has 0 fully saturated rings. The summed E-state index contributed by atoms with van der Waals surface area (Å²) >= 11 is 5.66. The van der Waals surface area contributed by atoms with Gasteiger partial charge in [-0.2, -0.15) is 4.68 Å². The van der Waals surface area contributed by atoms with E-state index in [0.717, 1.165) is 4.68 Å². The lowest BCUT2D eigenvalue weighted by Crippen LogP contribution is -2.11. The van der Waals surface area contributed by atoms with Gasteiger partial charge in [0.25, 0.3) is 0 Å². The summed E-state index contributed by atoms with van der Waals surface area (Å²) in [5.74, 6) is -0.164. The number of benzene rings is 1. The average Bonchev–Trinajstić information content (AvgIpc) is 2.79. The lowest BCUT2D eigenvalue weighted by atomic mass is 10.1. The van der Waals surface area contributed by atoms with E-state index in [1.165, 1.54) is 13.3 Å². The van der Waals surface area contributed by atoms with Crippen molar-refractivity contribution in [1.82, 2.24) is 9.78 Å². The van der Waals surface area contributed by atoms with Crippen molar-refractivity contribution >= 4 is 23.2 Å². The number of hydrogen-bond donors (Lipinski definition) is 0. The minimum atomic E-state index is -0.700. The van der Waals surface area contributed by atoms with E-state index < -0.39 is 10.7 Å². The summed E-state index contributed by atoms with van der Waals surface area (Å²) in [6, 6.07) is 6.61. The van der Waals surface area contributed by atoms with Gasteiger partial charge in [0.15, 0.2) is 10.8 Å². The SMILES string of the molecule is COc1cccc(C(=O)Cn2cc(Cl)c([N+](=O)[O-])n2)c1. The zero-order valence-electron chi connectivity index (χ0n) is 10.4. The quantitative estimate of drug-likeness (QED) is 0.480. The molecule has 0 aliphatic rings. The standard InChI is InChI=1S/C12H10ClN3O4/c1-20-9-4-2-3-8(5-9)11(17)7-15-6-10(13)12(14-15)16(18)19/h2-6H,7H2,1H3. The third-order valence-corrected chi connectivity index (χ3v) is 2.84. The summed E-state index contributed by atoms with van der Waals surface area (Å²) < 4.78 is 6.17. The molecule has 0 atom stereocenters. The second kappa shape index (κ2) is 5.70. The van der Waals surface area contributed by atoms with Crippen molar-refractivity contribution in [2.45, 2.75) is 6.54 Å². The van der Waals surface area contributed by atoms with E-state index in [1.54, 1.807) is 24.3 Å². The van der Waals surface area contributed by atoms with Crippen molar-refractivity contribution in [2.24, 2.45) is 0 Å². The Bertz CT molecular complexity index is 668. The number of halogens is 1. The van der Waals surface area contributed by atoms with Crippen LogP contribution in [0.1, 0.15) is 10.4 Å². The van der Waals surface area contributed by atoms with E-state index in [2.05, 4.69) is 5.10 Å². The molecule has 1 aromatic carbocycles. The summed E-state index contributed by atoms with van der Waals surface area (Å²) in [5, 5.41) is 14.2. The zero-order chi connectivity index (χ0) is 14.7. The second-order valence-corrected chi connectivity index (χ2v) is 4.32. The molecule has 0 aliphatic carbocycles. The fourth-order valence-corrected chi connectivity index (χ4v) is 1.85. The van der Waals surface area contributed by atoms with E-state index in [4.69, 9.17) is 16.3 Å². The van der Waals surface area contributed by atoms with Gasteiger partial charge in [-0.05, 0) is 17.1 Å². The van der Waals surface area contributed by atoms with Gasteiger partial charge in [0, 0.05) is 5.56 Å². The highest BCUT2D eigenvalue weighted by molar-refractivity contribution is 6.32. The molecule has 0 aliphatic heterocycles. The first-order chi connectivity index (χ1) is 9.51. The summed E-state index contributed by atoms with van der Waals surface area (Å²) in [7, 11) is 1.50. The molecule has 0 bridgehead atoms. The molecular formula is C12H10ClN3O4. The minimum Gasteiger partial charge on any atom is -0.497 e. The van der Waals surface area contributed by atoms with Crippen molar-refractivity contribution in [3.63, 3.8) is 0 Å². The van der Waals surface area contributed by atoms with Crippen LogP contribution in [0, 0.1) is 10.1 Å². The molecule has 2 aromatic rings. The van der Waals surface area contributed by atoms with E-state index in [0.29, 0.717) is 11.3 Å². The molecule has 7 nitrogen and oxygen atoms in total. The Balaban J connectivity index is 2.19. The molecule has 0 amide bonds. The first-order valence-corrected chi connectivity index (χ1v) is 5.93. The number of hydrogen-bond acceptors (Lipinski definition) is 5.